The molecule has 1 amide bonds. The Morgan fingerprint density at radius 1 is 1.33 bits per heavy atom. The monoisotopic (exact) mass is 290 g/mol. The van der Waals surface area contributed by atoms with E-state index in [0.29, 0.717) is 5.56 Å². The number of aliphatic hydroxyl groups is 1. The zero-order chi connectivity index (χ0) is 15.5. The highest BCUT2D eigenvalue weighted by atomic mass is 19.1. The standard InChI is InChI=1S/C15H15FN2O3/c1-15(21,11-2-4-12(16)5-3-11)9-18-14(20)10-6-7-17-13(19)8-10/h2-8,21H,9H2,1H3,(H,17,19)(H,18,20). The number of aromatic nitrogens is 1. The number of halogens is 1. The van der Waals surface area contributed by atoms with Crippen LogP contribution in [0.4, 0.5) is 4.39 Å². The number of aromatic amines is 1. The van der Waals surface area contributed by atoms with E-state index in [4.69, 9.17) is 0 Å². The highest BCUT2D eigenvalue weighted by molar-refractivity contribution is 5.94. The number of carbonyl (C=O) groups is 1. The molecule has 0 aliphatic rings. The molecule has 0 saturated carbocycles. The lowest BCUT2D eigenvalue weighted by atomic mass is 9.96. The van der Waals surface area contributed by atoms with Crippen LogP contribution in [0, 0.1) is 5.82 Å². The summed E-state index contributed by atoms with van der Waals surface area (Å²) in [5.74, 6) is -0.870. The van der Waals surface area contributed by atoms with Gasteiger partial charge < -0.3 is 15.4 Å². The predicted molar refractivity (Wildman–Crippen MR) is 75.4 cm³/mol. The molecule has 1 aromatic heterocycles. The fourth-order valence-corrected chi connectivity index (χ4v) is 1.85. The van der Waals surface area contributed by atoms with Crippen molar-refractivity contribution < 1.29 is 14.3 Å². The van der Waals surface area contributed by atoms with Crippen LogP contribution in [0.1, 0.15) is 22.8 Å². The van der Waals surface area contributed by atoms with Crippen LogP contribution in [-0.4, -0.2) is 22.5 Å². The van der Waals surface area contributed by atoms with Crippen LogP contribution < -0.4 is 10.9 Å². The van der Waals surface area contributed by atoms with Crippen LogP contribution in [0.25, 0.3) is 0 Å². The zero-order valence-corrected chi connectivity index (χ0v) is 11.4. The summed E-state index contributed by atoms with van der Waals surface area (Å²) in [4.78, 5) is 25.4. The van der Waals surface area contributed by atoms with Crippen LogP contribution in [0.15, 0.2) is 47.4 Å². The maximum Gasteiger partial charge on any atom is 0.251 e. The summed E-state index contributed by atoms with van der Waals surface area (Å²) < 4.78 is 12.9. The van der Waals surface area contributed by atoms with E-state index in [-0.39, 0.29) is 17.7 Å². The Morgan fingerprint density at radius 3 is 2.62 bits per heavy atom. The number of H-pyrrole nitrogens is 1. The second-order valence-electron chi connectivity index (χ2n) is 4.91. The van der Waals surface area contributed by atoms with Gasteiger partial charge >= 0.3 is 0 Å². The van der Waals surface area contributed by atoms with E-state index >= 15 is 0 Å². The maximum absolute atomic E-state index is 12.9. The number of carbonyl (C=O) groups excluding carboxylic acids is 1. The van der Waals surface area contributed by atoms with Gasteiger partial charge in [0, 0.05) is 17.8 Å². The summed E-state index contributed by atoms with van der Waals surface area (Å²) in [6, 6.07) is 8.01. The van der Waals surface area contributed by atoms with Gasteiger partial charge in [0.25, 0.3) is 5.91 Å². The van der Waals surface area contributed by atoms with Gasteiger partial charge in [-0.1, -0.05) is 12.1 Å². The van der Waals surface area contributed by atoms with E-state index in [1.807, 2.05) is 0 Å². The lowest BCUT2D eigenvalue weighted by molar-refractivity contribution is 0.0526. The van der Waals surface area contributed by atoms with E-state index in [1.54, 1.807) is 0 Å². The number of hydrogen-bond acceptors (Lipinski definition) is 3. The minimum atomic E-state index is -1.34. The van der Waals surface area contributed by atoms with Gasteiger partial charge in [0.15, 0.2) is 0 Å². The summed E-state index contributed by atoms with van der Waals surface area (Å²) in [5, 5.41) is 12.9. The summed E-state index contributed by atoms with van der Waals surface area (Å²) in [7, 11) is 0. The predicted octanol–water partition coefficient (Wildman–Crippen LogP) is 1.15. The first-order valence-electron chi connectivity index (χ1n) is 6.34. The molecule has 1 heterocycles. The van der Waals surface area contributed by atoms with Crippen molar-refractivity contribution in [2.45, 2.75) is 12.5 Å². The Labute approximate surface area is 120 Å². The van der Waals surface area contributed by atoms with Crippen molar-refractivity contribution in [3.63, 3.8) is 0 Å². The van der Waals surface area contributed by atoms with E-state index in [9.17, 15) is 19.1 Å². The Balaban J connectivity index is 2.06. The number of pyridine rings is 1. The number of nitrogens with one attached hydrogen (secondary N) is 2. The SMILES string of the molecule is CC(O)(CNC(=O)c1cc[nH]c(=O)c1)c1ccc(F)cc1. The van der Waals surface area contributed by atoms with E-state index in [0.717, 1.165) is 0 Å². The summed E-state index contributed by atoms with van der Waals surface area (Å²) in [5.41, 5.74) is -1.04. The molecule has 2 aromatic rings. The fraction of sp³-hybridized carbons (Fsp3) is 0.200. The minimum absolute atomic E-state index is 0.0652. The second-order valence-corrected chi connectivity index (χ2v) is 4.91. The molecule has 0 bridgehead atoms. The Kier molecular flexibility index (Phi) is 4.18. The van der Waals surface area contributed by atoms with Gasteiger partial charge in [-0.15, -0.1) is 0 Å². The fourth-order valence-electron chi connectivity index (χ4n) is 1.85. The van der Waals surface area contributed by atoms with Crippen molar-refractivity contribution >= 4 is 5.91 Å². The lowest BCUT2D eigenvalue weighted by Crippen LogP contribution is -2.38. The van der Waals surface area contributed by atoms with Crippen LogP contribution in [0.5, 0.6) is 0 Å². The first kappa shape index (κ1) is 14.9. The van der Waals surface area contributed by atoms with Crippen molar-refractivity contribution in [3.05, 3.63) is 69.9 Å². The number of hydrogen-bond donors (Lipinski definition) is 3. The van der Waals surface area contributed by atoms with Crippen LogP contribution in [0.2, 0.25) is 0 Å². The third-order valence-corrected chi connectivity index (χ3v) is 3.10. The summed E-state index contributed by atoms with van der Waals surface area (Å²) in [6.07, 6.45) is 1.37. The largest absolute Gasteiger partial charge is 0.384 e. The normalized spacial score (nSPS) is 13.5. The first-order chi connectivity index (χ1) is 9.88. The van der Waals surface area contributed by atoms with Gasteiger partial charge in [0.1, 0.15) is 11.4 Å². The molecule has 1 aromatic carbocycles. The zero-order valence-electron chi connectivity index (χ0n) is 11.4. The van der Waals surface area contributed by atoms with Crippen LogP contribution >= 0.6 is 0 Å². The molecule has 0 radical (unpaired) electrons. The van der Waals surface area contributed by atoms with E-state index in [2.05, 4.69) is 10.3 Å². The topological polar surface area (TPSA) is 82.2 Å². The van der Waals surface area contributed by atoms with E-state index in [1.165, 1.54) is 49.5 Å². The minimum Gasteiger partial charge on any atom is -0.384 e. The molecule has 0 saturated heterocycles. The first-order valence-corrected chi connectivity index (χ1v) is 6.34. The Bertz CT molecular complexity index is 693. The Morgan fingerprint density at radius 2 is 2.00 bits per heavy atom. The smallest absolute Gasteiger partial charge is 0.251 e. The van der Waals surface area contributed by atoms with Crippen LogP contribution in [0.3, 0.4) is 0 Å². The van der Waals surface area contributed by atoms with Gasteiger partial charge in [-0.3, -0.25) is 9.59 Å². The average Bonchev–Trinajstić information content (AvgIpc) is 2.45. The highest BCUT2D eigenvalue weighted by Crippen LogP contribution is 2.19. The Hall–Kier alpha value is -2.47. The highest BCUT2D eigenvalue weighted by Gasteiger charge is 2.24. The van der Waals surface area contributed by atoms with Gasteiger partial charge in [0.2, 0.25) is 5.56 Å². The average molecular weight is 290 g/mol. The molecule has 1 atom stereocenters. The quantitative estimate of drug-likeness (QED) is 0.790. The van der Waals surface area contributed by atoms with Crippen molar-refractivity contribution in [3.8, 4) is 0 Å². The molecule has 0 spiro atoms. The van der Waals surface area contributed by atoms with Gasteiger partial charge in [-0.2, -0.15) is 0 Å². The molecule has 21 heavy (non-hydrogen) atoms. The molecule has 1 unspecified atom stereocenters. The van der Waals surface area contributed by atoms with Crippen molar-refractivity contribution in [1.82, 2.24) is 10.3 Å². The third kappa shape index (κ3) is 3.76. The molecule has 0 aliphatic carbocycles. The third-order valence-electron chi connectivity index (χ3n) is 3.10. The molecule has 5 nitrogen and oxygen atoms in total. The molecular weight excluding hydrogens is 275 g/mol. The number of rotatable bonds is 4. The molecule has 0 fully saturated rings. The van der Waals surface area contributed by atoms with Crippen molar-refractivity contribution in [2.24, 2.45) is 0 Å². The molecule has 0 aliphatic heterocycles. The second kappa shape index (κ2) is 5.88. The molecule has 110 valence electrons. The van der Waals surface area contributed by atoms with Gasteiger partial charge in [-0.05, 0) is 30.7 Å². The van der Waals surface area contributed by atoms with Gasteiger partial charge in [-0.25, -0.2) is 4.39 Å². The van der Waals surface area contributed by atoms with Crippen molar-refractivity contribution in [2.75, 3.05) is 6.54 Å². The number of amides is 1. The van der Waals surface area contributed by atoms with Crippen LogP contribution in [-0.2, 0) is 5.60 Å². The van der Waals surface area contributed by atoms with E-state index < -0.39 is 17.3 Å². The summed E-state index contributed by atoms with van der Waals surface area (Å²) in [6.45, 7) is 1.45. The molecule has 6 heteroatoms. The van der Waals surface area contributed by atoms with Gasteiger partial charge in [0.05, 0.1) is 6.54 Å². The summed E-state index contributed by atoms with van der Waals surface area (Å²) >= 11 is 0. The molecule has 3 N–H and O–H groups in total. The molecular formula is C15H15FN2O3. The molecule has 2 rings (SSSR count). The maximum atomic E-state index is 12.9. The van der Waals surface area contributed by atoms with Crippen molar-refractivity contribution in [1.29, 1.82) is 0 Å². The number of benzene rings is 1. The lowest BCUT2D eigenvalue weighted by Gasteiger charge is -2.24.